The van der Waals surface area contributed by atoms with Crippen LogP contribution in [0.4, 0.5) is 14.9 Å². The number of hydrogen-bond donors (Lipinski definition) is 0. The fraction of sp³-hybridized carbons (Fsp3) is 0.250. The molecule has 1 saturated heterocycles. The number of anilines is 1. The van der Waals surface area contributed by atoms with Crippen molar-refractivity contribution in [3.63, 3.8) is 0 Å². The first-order valence-electron chi connectivity index (χ1n) is 6.61. The molecule has 1 aromatic carbocycles. The van der Waals surface area contributed by atoms with Crippen LogP contribution in [0.5, 0.6) is 0 Å². The number of rotatable bonds is 3. The second-order valence-corrected chi connectivity index (χ2v) is 6.79. The van der Waals surface area contributed by atoms with E-state index in [0.29, 0.717) is 15.4 Å². The second kappa shape index (κ2) is 6.65. The number of terminal acetylenes is 1. The molecule has 120 valence electrons. The Labute approximate surface area is 142 Å². The van der Waals surface area contributed by atoms with Crippen LogP contribution in [-0.2, 0) is 9.53 Å². The average molecular weight is 354 g/mol. The minimum atomic E-state index is -0.951. The van der Waals surface area contributed by atoms with Gasteiger partial charge in [-0.3, -0.25) is 4.79 Å². The largest absolute Gasteiger partial charge is 0.427 e. The van der Waals surface area contributed by atoms with Crippen LogP contribution < -0.4 is 4.90 Å². The van der Waals surface area contributed by atoms with E-state index in [0.717, 1.165) is 6.07 Å². The number of carbonyl (C=O) groups is 2. The van der Waals surface area contributed by atoms with E-state index in [9.17, 15) is 14.0 Å². The second-order valence-electron chi connectivity index (χ2n) is 5.00. The normalized spacial score (nSPS) is 15.5. The highest BCUT2D eigenvalue weighted by Crippen LogP contribution is 2.37. The summed E-state index contributed by atoms with van der Waals surface area (Å²) in [6.07, 6.45) is 4.37. The molecule has 0 saturated carbocycles. The predicted molar refractivity (Wildman–Crippen MR) is 87.9 cm³/mol. The van der Waals surface area contributed by atoms with Gasteiger partial charge in [0, 0.05) is 4.90 Å². The number of imide groups is 1. The zero-order valence-corrected chi connectivity index (χ0v) is 14.2. The summed E-state index contributed by atoms with van der Waals surface area (Å²) in [4.78, 5) is 25.3. The highest BCUT2D eigenvalue weighted by atomic mass is 35.5. The van der Waals surface area contributed by atoms with Crippen LogP contribution in [-0.4, -0.2) is 17.3 Å². The van der Waals surface area contributed by atoms with E-state index in [1.807, 2.05) is 0 Å². The fourth-order valence-electron chi connectivity index (χ4n) is 1.89. The molecule has 1 fully saturated rings. The molecule has 1 unspecified atom stereocenters. The van der Waals surface area contributed by atoms with Gasteiger partial charge in [0.1, 0.15) is 5.82 Å². The lowest BCUT2D eigenvalue weighted by molar-refractivity contribution is -0.114. The summed E-state index contributed by atoms with van der Waals surface area (Å²) in [5.41, 5.74) is 0.308. The van der Waals surface area contributed by atoms with Crippen LogP contribution in [0, 0.1) is 18.2 Å². The SMILES string of the molecule is C#CC(C)Sc1cc(N2C(=O)OC(=C(C)C)C2=O)c(F)cc1Cl. The van der Waals surface area contributed by atoms with Gasteiger partial charge in [-0.15, -0.1) is 18.2 Å². The third-order valence-corrected chi connectivity index (χ3v) is 4.51. The Morgan fingerprint density at radius 2 is 2.09 bits per heavy atom. The number of carbonyl (C=O) groups excluding carboxylic acids is 2. The zero-order valence-electron chi connectivity index (χ0n) is 12.6. The van der Waals surface area contributed by atoms with Crippen LogP contribution in [0.15, 0.2) is 28.4 Å². The summed E-state index contributed by atoms with van der Waals surface area (Å²) in [5, 5.41) is -0.0545. The van der Waals surface area contributed by atoms with Gasteiger partial charge in [-0.05, 0) is 38.5 Å². The number of thioether (sulfide) groups is 1. The van der Waals surface area contributed by atoms with Gasteiger partial charge in [-0.25, -0.2) is 14.1 Å². The summed E-state index contributed by atoms with van der Waals surface area (Å²) in [7, 11) is 0. The molecule has 1 aliphatic rings. The molecule has 23 heavy (non-hydrogen) atoms. The quantitative estimate of drug-likeness (QED) is 0.460. The zero-order chi connectivity index (χ0) is 17.3. The van der Waals surface area contributed by atoms with Crippen molar-refractivity contribution >= 4 is 41.1 Å². The molecule has 0 aliphatic carbocycles. The molecule has 1 atom stereocenters. The first-order valence-corrected chi connectivity index (χ1v) is 7.87. The molecule has 4 nitrogen and oxygen atoms in total. The molecule has 0 aromatic heterocycles. The first kappa shape index (κ1) is 17.4. The summed E-state index contributed by atoms with van der Waals surface area (Å²) in [6, 6.07) is 2.37. The number of benzene rings is 1. The Kier molecular flexibility index (Phi) is 5.03. The summed E-state index contributed by atoms with van der Waals surface area (Å²) in [6.45, 7) is 5.02. The number of amides is 2. The van der Waals surface area contributed by atoms with Gasteiger partial charge in [0.2, 0.25) is 0 Å². The number of ether oxygens (including phenoxy) is 1. The van der Waals surface area contributed by atoms with E-state index >= 15 is 0 Å². The molecule has 1 heterocycles. The van der Waals surface area contributed by atoms with Gasteiger partial charge < -0.3 is 4.74 Å². The number of halogens is 2. The van der Waals surface area contributed by atoms with Gasteiger partial charge in [0.25, 0.3) is 0 Å². The molecule has 0 radical (unpaired) electrons. The molecular weight excluding hydrogens is 341 g/mol. The van der Waals surface area contributed by atoms with Crippen LogP contribution in [0.25, 0.3) is 0 Å². The maximum absolute atomic E-state index is 14.2. The number of nitrogens with zero attached hydrogens (tertiary/aromatic N) is 1. The standard InChI is InChI=1S/C16H13ClFNO3S/c1-5-9(4)23-13-7-12(11(18)6-10(13)17)19-15(20)14(8(2)3)22-16(19)21/h1,6-7,9H,2-4H3. The van der Waals surface area contributed by atoms with Crippen LogP contribution in [0.3, 0.4) is 0 Å². The van der Waals surface area contributed by atoms with Crippen molar-refractivity contribution in [2.24, 2.45) is 0 Å². The lowest BCUT2D eigenvalue weighted by Gasteiger charge is -2.15. The van der Waals surface area contributed by atoms with Gasteiger partial charge >= 0.3 is 12.0 Å². The molecule has 2 rings (SSSR count). The molecule has 0 spiro atoms. The third kappa shape index (κ3) is 3.36. The number of hydrogen-bond acceptors (Lipinski definition) is 4. The van der Waals surface area contributed by atoms with Crippen molar-refractivity contribution in [3.8, 4) is 12.3 Å². The topological polar surface area (TPSA) is 46.6 Å². The van der Waals surface area contributed by atoms with Gasteiger partial charge in [-0.2, -0.15) is 0 Å². The molecule has 2 amide bonds. The first-order chi connectivity index (χ1) is 10.8. The van der Waals surface area contributed by atoms with E-state index in [1.54, 1.807) is 20.8 Å². The van der Waals surface area contributed by atoms with Gasteiger partial charge in [-0.1, -0.05) is 17.5 Å². The van der Waals surface area contributed by atoms with Crippen molar-refractivity contribution in [2.45, 2.75) is 30.9 Å². The Morgan fingerprint density at radius 3 is 2.61 bits per heavy atom. The highest BCUT2D eigenvalue weighted by molar-refractivity contribution is 8.00. The summed E-state index contributed by atoms with van der Waals surface area (Å²) < 4.78 is 19.1. The van der Waals surface area contributed by atoms with Crippen molar-refractivity contribution in [2.75, 3.05) is 4.90 Å². The molecule has 1 aromatic rings. The molecule has 1 aliphatic heterocycles. The van der Waals surface area contributed by atoms with Crippen LogP contribution in [0.2, 0.25) is 5.02 Å². The lowest BCUT2D eigenvalue weighted by atomic mass is 10.2. The number of cyclic esters (lactones) is 1. The monoisotopic (exact) mass is 353 g/mol. The Bertz CT molecular complexity index is 765. The van der Waals surface area contributed by atoms with E-state index in [4.69, 9.17) is 22.8 Å². The average Bonchev–Trinajstić information content (AvgIpc) is 2.77. The highest BCUT2D eigenvalue weighted by Gasteiger charge is 2.40. The molecule has 0 N–H and O–H groups in total. The predicted octanol–water partition coefficient (Wildman–Crippen LogP) is 4.37. The Balaban J connectivity index is 2.50. The van der Waals surface area contributed by atoms with Gasteiger partial charge in [0.05, 0.1) is 16.0 Å². The van der Waals surface area contributed by atoms with Crippen molar-refractivity contribution in [3.05, 3.63) is 34.3 Å². The molecule has 0 bridgehead atoms. The summed E-state index contributed by atoms with van der Waals surface area (Å²) in [5.74, 6) is 0.904. The minimum absolute atomic E-state index is 0.101. The van der Waals surface area contributed by atoms with Gasteiger partial charge in [0.15, 0.2) is 5.76 Å². The maximum atomic E-state index is 14.2. The van der Waals surface area contributed by atoms with E-state index in [2.05, 4.69) is 5.92 Å². The number of allylic oxidation sites excluding steroid dienone is 1. The Morgan fingerprint density at radius 1 is 1.43 bits per heavy atom. The Hall–Kier alpha value is -1.97. The molecular formula is C16H13ClFNO3S. The van der Waals surface area contributed by atoms with Crippen molar-refractivity contribution < 1.29 is 18.7 Å². The maximum Gasteiger partial charge on any atom is 0.427 e. The van der Waals surface area contributed by atoms with E-state index in [-0.39, 0.29) is 21.7 Å². The van der Waals surface area contributed by atoms with Crippen LogP contribution >= 0.6 is 23.4 Å². The smallest absolute Gasteiger partial charge is 0.404 e. The summed E-state index contributed by atoms with van der Waals surface area (Å²) >= 11 is 7.23. The fourth-order valence-corrected chi connectivity index (χ4v) is 2.97. The third-order valence-electron chi connectivity index (χ3n) is 3.00. The van der Waals surface area contributed by atoms with Crippen molar-refractivity contribution in [1.82, 2.24) is 0 Å². The van der Waals surface area contributed by atoms with Crippen molar-refractivity contribution in [1.29, 1.82) is 0 Å². The van der Waals surface area contributed by atoms with E-state index in [1.165, 1.54) is 17.8 Å². The van der Waals surface area contributed by atoms with Crippen LogP contribution in [0.1, 0.15) is 20.8 Å². The van der Waals surface area contributed by atoms with E-state index < -0.39 is 17.8 Å². The lowest BCUT2D eigenvalue weighted by Crippen LogP contribution is -2.29. The molecule has 7 heteroatoms. The minimum Gasteiger partial charge on any atom is -0.404 e.